The zero-order valence-electron chi connectivity index (χ0n) is 18.4. The van der Waals surface area contributed by atoms with E-state index in [-0.39, 0.29) is 28.9 Å². The first kappa shape index (κ1) is 21.8. The van der Waals surface area contributed by atoms with Crippen molar-refractivity contribution < 1.29 is 14.0 Å². The van der Waals surface area contributed by atoms with Gasteiger partial charge in [0.2, 0.25) is 0 Å². The minimum atomic E-state index is -2.66. The van der Waals surface area contributed by atoms with Gasteiger partial charge in [0.1, 0.15) is 0 Å². The van der Waals surface area contributed by atoms with Gasteiger partial charge in [-0.2, -0.15) is 0 Å². The van der Waals surface area contributed by atoms with Gasteiger partial charge in [-0.25, -0.2) is 0 Å². The van der Waals surface area contributed by atoms with E-state index in [9.17, 15) is 4.79 Å². The molecule has 0 saturated heterocycles. The summed E-state index contributed by atoms with van der Waals surface area (Å²) in [5, 5.41) is 2.41. The zero-order chi connectivity index (χ0) is 21.1. The van der Waals surface area contributed by atoms with E-state index in [1.165, 1.54) is 10.4 Å². The highest BCUT2D eigenvalue weighted by molar-refractivity contribution is 6.99. The molecule has 0 aliphatic heterocycles. The molecule has 156 valence electrons. The summed E-state index contributed by atoms with van der Waals surface area (Å²) >= 11 is 0. The maximum Gasteiger partial charge on any atom is 0.311 e. The summed E-state index contributed by atoms with van der Waals surface area (Å²) in [6.07, 6.45) is 1.77. The fourth-order valence-corrected chi connectivity index (χ4v) is 9.56. The molecule has 0 N–H and O–H groups in total. The monoisotopic (exact) mass is 410 g/mol. The largest absolute Gasteiger partial charge is 0.466 e. The lowest BCUT2D eigenvalue weighted by atomic mass is 9.97. The number of hydrogen-bond acceptors (Lipinski definition) is 3. The number of rotatable bonds is 6. The van der Waals surface area contributed by atoms with E-state index in [0.717, 1.165) is 12.8 Å². The first-order valence-electron chi connectivity index (χ1n) is 10.8. The molecule has 1 saturated carbocycles. The fourth-order valence-electron chi connectivity index (χ4n) is 4.83. The Hall–Kier alpha value is -1.91. The molecule has 1 aliphatic carbocycles. The van der Waals surface area contributed by atoms with E-state index in [2.05, 4.69) is 88.4 Å². The molecular formula is C25H34O3Si. The summed E-state index contributed by atoms with van der Waals surface area (Å²) < 4.78 is 12.7. The molecule has 0 amide bonds. The van der Waals surface area contributed by atoms with Crippen LogP contribution >= 0.6 is 0 Å². The Morgan fingerprint density at radius 1 is 0.966 bits per heavy atom. The minimum Gasteiger partial charge on any atom is -0.466 e. The molecule has 3 unspecified atom stereocenters. The van der Waals surface area contributed by atoms with Crippen LogP contribution < -0.4 is 10.4 Å². The standard InChI is InChI=1S/C25H34O3Si/c1-6-27-24(26)23-19(2)17-18-22(23)28-29(25(3,4)5,20-13-9-7-10-14-20)21-15-11-8-12-16-21/h7-16,19,22-23H,6,17-18H2,1-5H3. The number of esters is 1. The van der Waals surface area contributed by atoms with Gasteiger partial charge in [0.25, 0.3) is 8.32 Å². The lowest BCUT2D eigenvalue weighted by Crippen LogP contribution is -2.68. The van der Waals surface area contributed by atoms with Crippen molar-refractivity contribution in [2.24, 2.45) is 11.8 Å². The predicted molar refractivity (Wildman–Crippen MR) is 121 cm³/mol. The van der Waals surface area contributed by atoms with Crippen LogP contribution in [-0.4, -0.2) is 27.0 Å². The molecule has 0 bridgehead atoms. The fraction of sp³-hybridized carbons (Fsp3) is 0.480. The minimum absolute atomic E-state index is 0.0965. The van der Waals surface area contributed by atoms with Gasteiger partial charge in [0.05, 0.1) is 18.6 Å². The molecule has 1 fully saturated rings. The molecule has 3 nitrogen and oxygen atoms in total. The zero-order valence-corrected chi connectivity index (χ0v) is 19.4. The molecule has 3 atom stereocenters. The van der Waals surface area contributed by atoms with E-state index in [1.807, 2.05) is 6.92 Å². The van der Waals surface area contributed by atoms with E-state index < -0.39 is 8.32 Å². The summed E-state index contributed by atoms with van der Waals surface area (Å²) in [6, 6.07) is 21.3. The maximum absolute atomic E-state index is 12.8. The molecule has 3 rings (SSSR count). The maximum atomic E-state index is 12.8. The molecule has 29 heavy (non-hydrogen) atoms. The van der Waals surface area contributed by atoms with Crippen LogP contribution in [0.4, 0.5) is 0 Å². The third-order valence-corrected chi connectivity index (χ3v) is 11.3. The Labute approximate surface area is 176 Å². The van der Waals surface area contributed by atoms with Gasteiger partial charge in [0.15, 0.2) is 0 Å². The Kier molecular flexibility index (Phi) is 6.64. The third kappa shape index (κ3) is 4.19. The van der Waals surface area contributed by atoms with E-state index in [4.69, 9.17) is 9.16 Å². The lowest BCUT2D eigenvalue weighted by Gasteiger charge is -2.45. The molecule has 2 aromatic carbocycles. The van der Waals surface area contributed by atoms with E-state index >= 15 is 0 Å². The smallest absolute Gasteiger partial charge is 0.311 e. The number of carbonyl (C=O) groups is 1. The van der Waals surface area contributed by atoms with Crippen molar-refractivity contribution in [2.45, 2.75) is 58.6 Å². The topological polar surface area (TPSA) is 35.5 Å². The SMILES string of the molecule is CCOC(=O)C1C(C)CCC1O[Si](c1ccccc1)(c1ccccc1)C(C)(C)C. The van der Waals surface area contributed by atoms with Crippen molar-refractivity contribution in [3.8, 4) is 0 Å². The van der Waals surface area contributed by atoms with Crippen molar-refractivity contribution >= 4 is 24.7 Å². The van der Waals surface area contributed by atoms with Crippen LogP contribution in [0.1, 0.15) is 47.5 Å². The average molecular weight is 411 g/mol. The van der Waals surface area contributed by atoms with Gasteiger partial charge >= 0.3 is 5.97 Å². The van der Waals surface area contributed by atoms with Crippen LogP contribution in [0.3, 0.4) is 0 Å². The van der Waals surface area contributed by atoms with Crippen molar-refractivity contribution in [3.05, 3.63) is 60.7 Å². The van der Waals surface area contributed by atoms with Crippen LogP contribution in [-0.2, 0) is 14.0 Å². The van der Waals surface area contributed by atoms with Crippen LogP contribution in [0.5, 0.6) is 0 Å². The van der Waals surface area contributed by atoms with Crippen molar-refractivity contribution in [3.63, 3.8) is 0 Å². The lowest BCUT2D eigenvalue weighted by molar-refractivity contribution is -0.152. The van der Waals surface area contributed by atoms with Crippen molar-refractivity contribution in [2.75, 3.05) is 6.61 Å². The van der Waals surface area contributed by atoms with Gasteiger partial charge < -0.3 is 9.16 Å². The second-order valence-corrected chi connectivity index (χ2v) is 13.4. The second-order valence-electron chi connectivity index (χ2n) is 9.15. The van der Waals surface area contributed by atoms with Crippen LogP contribution in [0.15, 0.2) is 60.7 Å². The van der Waals surface area contributed by atoms with Crippen LogP contribution in [0.2, 0.25) is 5.04 Å². The summed E-state index contributed by atoms with van der Waals surface area (Å²) in [5.41, 5.74) is 0. The Morgan fingerprint density at radius 2 is 1.48 bits per heavy atom. The molecular weight excluding hydrogens is 376 g/mol. The highest BCUT2D eigenvalue weighted by Gasteiger charge is 2.54. The first-order chi connectivity index (χ1) is 13.8. The highest BCUT2D eigenvalue weighted by atomic mass is 28.4. The Balaban J connectivity index is 2.12. The van der Waals surface area contributed by atoms with Crippen molar-refractivity contribution in [1.82, 2.24) is 0 Å². The molecule has 0 spiro atoms. The second kappa shape index (κ2) is 8.84. The van der Waals surface area contributed by atoms with Gasteiger partial charge in [0, 0.05) is 0 Å². The van der Waals surface area contributed by atoms with E-state index in [1.54, 1.807) is 0 Å². The molecule has 0 aromatic heterocycles. The third-order valence-electron chi connectivity index (χ3n) is 6.22. The quantitative estimate of drug-likeness (QED) is 0.518. The predicted octanol–water partition coefficient (Wildman–Crippen LogP) is 4.54. The van der Waals surface area contributed by atoms with Crippen LogP contribution in [0, 0.1) is 11.8 Å². The Bertz CT molecular complexity index is 758. The normalized spacial score (nSPS) is 22.4. The Morgan fingerprint density at radius 3 is 1.93 bits per heavy atom. The van der Waals surface area contributed by atoms with Gasteiger partial charge in [-0.1, -0.05) is 88.4 Å². The summed E-state index contributed by atoms with van der Waals surface area (Å²) in [6.45, 7) is 11.3. The summed E-state index contributed by atoms with van der Waals surface area (Å²) in [4.78, 5) is 12.8. The number of ether oxygens (including phenoxy) is 1. The summed E-state index contributed by atoms with van der Waals surface area (Å²) in [7, 11) is -2.66. The van der Waals surface area contributed by atoms with E-state index in [0.29, 0.717) is 6.61 Å². The van der Waals surface area contributed by atoms with Gasteiger partial charge in [-0.15, -0.1) is 0 Å². The number of benzene rings is 2. The number of hydrogen-bond donors (Lipinski definition) is 0. The highest BCUT2D eigenvalue weighted by Crippen LogP contribution is 2.42. The van der Waals surface area contributed by atoms with Gasteiger partial charge in [-0.3, -0.25) is 4.79 Å². The molecule has 2 aromatic rings. The molecule has 0 radical (unpaired) electrons. The number of carbonyl (C=O) groups excluding carboxylic acids is 1. The van der Waals surface area contributed by atoms with Gasteiger partial charge in [-0.05, 0) is 41.1 Å². The van der Waals surface area contributed by atoms with Crippen molar-refractivity contribution in [1.29, 1.82) is 0 Å². The molecule has 4 heteroatoms. The first-order valence-corrected chi connectivity index (χ1v) is 12.7. The summed E-state index contributed by atoms with van der Waals surface area (Å²) in [5.74, 6) is -0.0331. The van der Waals surface area contributed by atoms with Crippen LogP contribution in [0.25, 0.3) is 0 Å². The average Bonchev–Trinajstić information content (AvgIpc) is 3.07. The molecule has 1 aliphatic rings. The molecule has 0 heterocycles.